The fourth-order valence-electron chi connectivity index (χ4n) is 1.75. The fourth-order valence-corrected chi connectivity index (χ4v) is 1.85. The lowest BCUT2D eigenvalue weighted by atomic mass is 10.1. The van der Waals surface area contributed by atoms with Crippen molar-refractivity contribution in [3.8, 4) is 16.9 Å². The number of aryl methyl sites for hydroxylation is 1. The molecule has 0 fully saturated rings. The van der Waals surface area contributed by atoms with Crippen LogP contribution < -0.4 is 4.74 Å². The minimum Gasteiger partial charge on any atom is -0.493 e. The van der Waals surface area contributed by atoms with Crippen molar-refractivity contribution in [3.05, 3.63) is 47.2 Å². The minimum atomic E-state index is 0.547. The maximum absolute atomic E-state index is 5.95. The van der Waals surface area contributed by atoms with Gasteiger partial charge in [0.1, 0.15) is 10.9 Å². The van der Waals surface area contributed by atoms with Crippen molar-refractivity contribution in [2.45, 2.75) is 20.3 Å². The highest BCUT2D eigenvalue weighted by molar-refractivity contribution is 6.30. The summed E-state index contributed by atoms with van der Waals surface area (Å²) in [6, 6.07) is 10.0. The Kier molecular flexibility index (Phi) is 4.21. The second-order valence-electron chi connectivity index (χ2n) is 4.18. The maximum atomic E-state index is 5.95. The molecule has 2 nitrogen and oxygen atoms in total. The molecule has 0 bridgehead atoms. The van der Waals surface area contributed by atoms with Gasteiger partial charge in [0.2, 0.25) is 0 Å². The van der Waals surface area contributed by atoms with E-state index in [4.69, 9.17) is 16.3 Å². The Morgan fingerprint density at radius 2 is 2.06 bits per heavy atom. The number of ether oxygens (including phenoxy) is 1. The van der Waals surface area contributed by atoms with Gasteiger partial charge in [0, 0.05) is 17.3 Å². The number of pyridine rings is 1. The van der Waals surface area contributed by atoms with Gasteiger partial charge >= 0.3 is 0 Å². The summed E-state index contributed by atoms with van der Waals surface area (Å²) >= 11 is 5.95. The van der Waals surface area contributed by atoms with E-state index in [1.165, 1.54) is 0 Å². The molecule has 94 valence electrons. The Labute approximate surface area is 113 Å². The van der Waals surface area contributed by atoms with Crippen molar-refractivity contribution >= 4 is 11.6 Å². The van der Waals surface area contributed by atoms with E-state index in [1.807, 2.05) is 37.3 Å². The third kappa shape index (κ3) is 2.82. The van der Waals surface area contributed by atoms with Gasteiger partial charge in [-0.05, 0) is 31.0 Å². The summed E-state index contributed by atoms with van der Waals surface area (Å²) in [6.45, 7) is 4.77. The molecule has 0 aliphatic heterocycles. The van der Waals surface area contributed by atoms with Gasteiger partial charge < -0.3 is 4.74 Å². The van der Waals surface area contributed by atoms with E-state index in [-0.39, 0.29) is 0 Å². The van der Waals surface area contributed by atoms with Gasteiger partial charge in [-0.1, -0.05) is 36.7 Å². The van der Waals surface area contributed by atoms with Crippen LogP contribution in [0, 0.1) is 6.92 Å². The molecule has 2 rings (SSSR count). The number of benzene rings is 1. The molecule has 0 aliphatic rings. The van der Waals surface area contributed by atoms with Crippen molar-refractivity contribution in [3.63, 3.8) is 0 Å². The van der Waals surface area contributed by atoms with Crippen LogP contribution in [-0.4, -0.2) is 11.6 Å². The number of aromatic nitrogens is 1. The van der Waals surface area contributed by atoms with Gasteiger partial charge in [-0.2, -0.15) is 0 Å². The van der Waals surface area contributed by atoms with Crippen LogP contribution in [0.25, 0.3) is 11.1 Å². The van der Waals surface area contributed by atoms with Crippen LogP contribution in [-0.2, 0) is 0 Å². The third-order valence-corrected chi connectivity index (χ3v) is 3.07. The molecule has 0 atom stereocenters. The molecule has 0 saturated carbocycles. The third-order valence-electron chi connectivity index (χ3n) is 2.67. The Balaban J connectivity index is 2.39. The topological polar surface area (TPSA) is 22.1 Å². The number of hydrogen-bond acceptors (Lipinski definition) is 2. The summed E-state index contributed by atoms with van der Waals surface area (Å²) < 4.78 is 5.75. The van der Waals surface area contributed by atoms with Gasteiger partial charge in [0.05, 0.1) is 6.61 Å². The second-order valence-corrected chi connectivity index (χ2v) is 4.53. The van der Waals surface area contributed by atoms with Crippen molar-refractivity contribution < 1.29 is 4.74 Å². The van der Waals surface area contributed by atoms with E-state index in [0.29, 0.717) is 5.15 Å². The molecule has 0 unspecified atom stereocenters. The Bertz CT molecular complexity index is 540. The highest BCUT2D eigenvalue weighted by Crippen LogP contribution is 2.31. The molecule has 0 radical (unpaired) electrons. The number of rotatable bonds is 4. The summed E-state index contributed by atoms with van der Waals surface area (Å²) in [6.07, 6.45) is 2.77. The zero-order chi connectivity index (χ0) is 13.0. The smallest absolute Gasteiger partial charge is 0.131 e. The summed E-state index contributed by atoms with van der Waals surface area (Å²) in [7, 11) is 0. The van der Waals surface area contributed by atoms with Crippen LogP contribution >= 0.6 is 11.6 Å². The summed E-state index contributed by atoms with van der Waals surface area (Å²) in [5, 5.41) is 0.547. The van der Waals surface area contributed by atoms with E-state index in [0.717, 1.165) is 35.5 Å². The quantitative estimate of drug-likeness (QED) is 0.756. The fraction of sp³-hybridized carbons (Fsp3) is 0.267. The summed E-state index contributed by atoms with van der Waals surface area (Å²) in [4.78, 5) is 4.19. The standard InChI is InChI=1S/C15H16ClNO/c1-3-8-18-14-7-5-4-6-13(14)12-9-11(2)15(16)17-10-12/h4-7,9-10H,3,8H2,1-2H3. The van der Waals surface area contributed by atoms with Crippen LogP contribution in [0.15, 0.2) is 36.5 Å². The number of halogens is 1. The van der Waals surface area contributed by atoms with Crippen LogP contribution in [0.1, 0.15) is 18.9 Å². The van der Waals surface area contributed by atoms with Gasteiger partial charge in [0.15, 0.2) is 0 Å². The molecule has 0 saturated heterocycles. The van der Waals surface area contributed by atoms with Crippen molar-refractivity contribution in [1.29, 1.82) is 0 Å². The minimum absolute atomic E-state index is 0.547. The average molecular weight is 262 g/mol. The highest BCUT2D eigenvalue weighted by atomic mass is 35.5. The Morgan fingerprint density at radius 1 is 1.28 bits per heavy atom. The molecule has 3 heteroatoms. The largest absolute Gasteiger partial charge is 0.493 e. The molecule has 2 aromatic rings. The number of nitrogens with zero attached hydrogens (tertiary/aromatic N) is 1. The van der Waals surface area contributed by atoms with Gasteiger partial charge in [-0.25, -0.2) is 4.98 Å². The zero-order valence-corrected chi connectivity index (χ0v) is 11.4. The normalized spacial score (nSPS) is 10.4. The van der Waals surface area contributed by atoms with Crippen molar-refractivity contribution in [2.75, 3.05) is 6.61 Å². The first-order valence-corrected chi connectivity index (χ1v) is 6.44. The SMILES string of the molecule is CCCOc1ccccc1-c1cnc(Cl)c(C)c1. The lowest BCUT2D eigenvalue weighted by Crippen LogP contribution is -1.97. The monoisotopic (exact) mass is 261 g/mol. The molecular formula is C15H16ClNO. The van der Waals surface area contributed by atoms with E-state index in [1.54, 1.807) is 6.20 Å². The van der Waals surface area contributed by atoms with Gasteiger partial charge in [0.25, 0.3) is 0 Å². The molecule has 0 spiro atoms. The van der Waals surface area contributed by atoms with Crippen molar-refractivity contribution in [2.24, 2.45) is 0 Å². The Morgan fingerprint density at radius 3 is 2.78 bits per heavy atom. The lowest BCUT2D eigenvalue weighted by molar-refractivity contribution is 0.318. The van der Waals surface area contributed by atoms with Crippen LogP contribution in [0.4, 0.5) is 0 Å². The molecule has 18 heavy (non-hydrogen) atoms. The molecule has 0 N–H and O–H groups in total. The first-order chi connectivity index (χ1) is 8.72. The van der Waals surface area contributed by atoms with E-state index < -0.39 is 0 Å². The lowest BCUT2D eigenvalue weighted by Gasteiger charge is -2.11. The molecule has 1 aromatic heterocycles. The predicted molar refractivity (Wildman–Crippen MR) is 75.2 cm³/mol. The van der Waals surface area contributed by atoms with Gasteiger partial charge in [-0.3, -0.25) is 0 Å². The first-order valence-electron chi connectivity index (χ1n) is 6.06. The van der Waals surface area contributed by atoms with Crippen LogP contribution in [0.5, 0.6) is 5.75 Å². The summed E-state index contributed by atoms with van der Waals surface area (Å²) in [5.74, 6) is 0.892. The molecule has 0 aliphatic carbocycles. The van der Waals surface area contributed by atoms with Crippen LogP contribution in [0.3, 0.4) is 0 Å². The highest BCUT2D eigenvalue weighted by Gasteiger charge is 2.07. The maximum Gasteiger partial charge on any atom is 0.131 e. The van der Waals surface area contributed by atoms with E-state index >= 15 is 0 Å². The summed E-state index contributed by atoms with van der Waals surface area (Å²) in [5.41, 5.74) is 3.06. The second kappa shape index (κ2) is 5.87. The zero-order valence-electron chi connectivity index (χ0n) is 10.6. The molecular weight excluding hydrogens is 246 g/mol. The number of hydrogen-bond donors (Lipinski definition) is 0. The van der Waals surface area contributed by atoms with E-state index in [2.05, 4.69) is 11.9 Å². The molecule has 1 heterocycles. The number of para-hydroxylation sites is 1. The van der Waals surface area contributed by atoms with E-state index in [9.17, 15) is 0 Å². The van der Waals surface area contributed by atoms with Gasteiger partial charge in [-0.15, -0.1) is 0 Å². The molecule has 0 amide bonds. The average Bonchev–Trinajstić information content (AvgIpc) is 2.40. The van der Waals surface area contributed by atoms with Crippen LogP contribution in [0.2, 0.25) is 5.15 Å². The predicted octanol–water partition coefficient (Wildman–Crippen LogP) is 4.50. The first kappa shape index (κ1) is 12.9. The van der Waals surface area contributed by atoms with Crippen molar-refractivity contribution in [1.82, 2.24) is 4.98 Å². The Hall–Kier alpha value is -1.54. The molecule has 1 aromatic carbocycles.